The van der Waals surface area contributed by atoms with E-state index in [1.807, 2.05) is 0 Å². The van der Waals surface area contributed by atoms with Gasteiger partial charge in [0.05, 0.1) is 0 Å². The predicted molar refractivity (Wildman–Crippen MR) is 60.2 cm³/mol. The van der Waals surface area contributed by atoms with E-state index in [0.717, 1.165) is 18.0 Å². The minimum atomic E-state index is 0.760. The van der Waals surface area contributed by atoms with Gasteiger partial charge >= 0.3 is 0 Å². The van der Waals surface area contributed by atoms with Crippen LogP contribution >= 0.6 is 11.8 Å². The Bertz CT molecular complexity index is 191. The Balaban J connectivity index is 1.79. The lowest BCUT2D eigenvalue weighted by Crippen LogP contribution is -2.42. The van der Waals surface area contributed by atoms with Gasteiger partial charge in [0.2, 0.25) is 0 Å². The van der Waals surface area contributed by atoms with Crippen molar-refractivity contribution in [2.45, 2.75) is 38.3 Å². The van der Waals surface area contributed by atoms with Gasteiger partial charge < -0.3 is 5.32 Å². The van der Waals surface area contributed by atoms with Crippen LogP contribution in [0.5, 0.6) is 0 Å². The van der Waals surface area contributed by atoms with Gasteiger partial charge in [0.15, 0.2) is 0 Å². The Morgan fingerprint density at radius 3 is 2.85 bits per heavy atom. The van der Waals surface area contributed by atoms with Crippen LogP contribution in [0, 0.1) is 5.92 Å². The molecule has 1 aliphatic heterocycles. The molecule has 1 heterocycles. The summed E-state index contributed by atoms with van der Waals surface area (Å²) in [6.07, 6.45) is 8.49. The topological polar surface area (TPSA) is 12.0 Å². The fourth-order valence-electron chi connectivity index (χ4n) is 2.12. The molecule has 0 aromatic carbocycles. The lowest BCUT2D eigenvalue weighted by atomic mass is 9.98. The molecule has 2 aliphatic rings. The van der Waals surface area contributed by atoms with Crippen LogP contribution in [-0.2, 0) is 0 Å². The number of rotatable bonds is 2. The summed E-state index contributed by atoms with van der Waals surface area (Å²) in [4.78, 5) is 0. The van der Waals surface area contributed by atoms with E-state index in [2.05, 4.69) is 36.2 Å². The van der Waals surface area contributed by atoms with E-state index in [4.69, 9.17) is 0 Å². The smallest absolute Gasteiger partial charge is 0.0194 e. The molecule has 0 aromatic rings. The van der Waals surface area contributed by atoms with Crippen molar-refractivity contribution in [1.82, 2.24) is 5.32 Å². The Labute approximate surface area is 85.4 Å². The third kappa shape index (κ3) is 2.50. The normalized spacial score (nSPS) is 39.6. The maximum Gasteiger partial charge on any atom is 0.0194 e. The first-order valence-corrected chi connectivity index (χ1v) is 6.50. The summed E-state index contributed by atoms with van der Waals surface area (Å²) in [6.45, 7) is 2.37. The average molecular weight is 197 g/mol. The molecule has 0 bridgehead atoms. The van der Waals surface area contributed by atoms with E-state index in [-0.39, 0.29) is 0 Å². The standard InChI is InChI=1S/C11H19NS/c1-9-7-13-8-11(9)12-10-5-3-2-4-6-10/h2-3,9-12H,4-8H2,1H3. The highest BCUT2D eigenvalue weighted by Crippen LogP contribution is 2.25. The van der Waals surface area contributed by atoms with E-state index in [1.165, 1.54) is 30.8 Å². The minimum absolute atomic E-state index is 0.760. The Morgan fingerprint density at radius 2 is 2.23 bits per heavy atom. The van der Waals surface area contributed by atoms with Gasteiger partial charge in [-0.1, -0.05) is 19.1 Å². The van der Waals surface area contributed by atoms with Gasteiger partial charge in [0.1, 0.15) is 0 Å². The van der Waals surface area contributed by atoms with Crippen LogP contribution in [0.2, 0.25) is 0 Å². The lowest BCUT2D eigenvalue weighted by Gasteiger charge is -2.25. The first-order valence-electron chi connectivity index (χ1n) is 5.35. The molecule has 2 rings (SSSR count). The number of allylic oxidation sites excluding steroid dienone is 1. The molecule has 0 radical (unpaired) electrons. The molecule has 0 aromatic heterocycles. The van der Waals surface area contributed by atoms with Crippen molar-refractivity contribution in [2.24, 2.45) is 5.92 Å². The number of nitrogens with one attached hydrogen (secondary N) is 1. The highest BCUT2D eigenvalue weighted by molar-refractivity contribution is 7.99. The van der Waals surface area contributed by atoms with Crippen LogP contribution in [0.3, 0.4) is 0 Å². The maximum absolute atomic E-state index is 3.80. The second-order valence-corrected chi connectivity index (χ2v) is 5.34. The zero-order valence-electron chi connectivity index (χ0n) is 8.33. The van der Waals surface area contributed by atoms with Gasteiger partial charge in [-0.2, -0.15) is 11.8 Å². The Hall–Kier alpha value is 0.0500. The summed E-state index contributed by atoms with van der Waals surface area (Å²) >= 11 is 2.10. The van der Waals surface area contributed by atoms with Gasteiger partial charge in [0, 0.05) is 17.8 Å². The first-order chi connectivity index (χ1) is 6.36. The van der Waals surface area contributed by atoms with Crippen molar-refractivity contribution >= 4 is 11.8 Å². The molecule has 1 N–H and O–H groups in total. The van der Waals surface area contributed by atoms with Gasteiger partial charge in [0.25, 0.3) is 0 Å². The molecule has 1 fully saturated rings. The zero-order chi connectivity index (χ0) is 9.10. The predicted octanol–water partition coefficient (Wildman–Crippen LogP) is 2.44. The van der Waals surface area contributed by atoms with Crippen molar-refractivity contribution in [1.29, 1.82) is 0 Å². The summed E-state index contributed by atoms with van der Waals surface area (Å²) in [5, 5.41) is 3.80. The van der Waals surface area contributed by atoms with E-state index in [9.17, 15) is 0 Å². The van der Waals surface area contributed by atoms with E-state index in [1.54, 1.807) is 0 Å². The molecular weight excluding hydrogens is 178 g/mol. The van der Waals surface area contributed by atoms with Gasteiger partial charge in [-0.05, 0) is 30.9 Å². The van der Waals surface area contributed by atoms with E-state index >= 15 is 0 Å². The first kappa shape index (κ1) is 9.60. The highest BCUT2D eigenvalue weighted by atomic mass is 32.2. The van der Waals surface area contributed by atoms with Crippen molar-refractivity contribution in [3.05, 3.63) is 12.2 Å². The van der Waals surface area contributed by atoms with E-state index < -0.39 is 0 Å². The monoisotopic (exact) mass is 197 g/mol. The summed E-state index contributed by atoms with van der Waals surface area (Å²) < 4.78 is 0. The molecule has 1 aliphatic carbocycles. The second kappa shape index (κ2) is 4.52. The molecule has 3 atom stereocenters. The SMILES string of the molecule is CC1CSCC1NC1CC=CCC1. The molecule has 2 heteroatoms. The van der Waals surface area contributed by atoms with Crippen molar-refractivity contribution in [2.75, 3.05) is 11.5 Å². The summed E-state index contributed by atoms with van der Waals surface area (Å²) in [5.74, 6) is 3.54. The van der Waals surface area contributed by atoms with Crippen LogP contribution < -0.4 is 5.32 Å². The maximum atomic E-state index is 3.80. The van der Waals surface area contributed by atoms with Crippen LogP contribution in [0.25, 0.3) is 0 Å². The third-order valence-corrected chi connectivity index (χ3v) is 4.44. The second-order valence-electron chi connectivity index (χ2n) is 4.27. The summed E-state index contributed by atoms with van der Waals surface area (Å²) in [7, 11) is 0. The van der Waals surface area contributed by atoms with Crippen molar-refractivity contribution < 1.29 is 0 Å². The van der Waals surface area contributed by atoms with Gasteiger partial charge in [-0.15, -0.1) is 0 Å². The fraction of sp³-hybridized carbons (Fsp3) is 0.818. The largest absolute Gasteiger partial charge is 0.310 e. The molecule has 1 nitrogen and oxygen atoms in total. The molecular formula is C11H19NS. The molecule has 0 spiro atoms. The average Bonchev–Trinajstić information content (AvgIpc) is 2.54. The lowest BCUT2D eigenvalue weighted by molar-refractivity contribution is 0.373. The molecule has 74 valence electrons. The van der Waals surface area contributed by atoms with Crippen LogP contribution in [0.4, 0.5) is 0 Å². The van der Waals surface area contributed by atoms with Gasteiger partial charge in [-0.3, -0.25) is 0 Å². The van der Waals surface area contributed by atoms with E-state index in [0.29, 0.717) is 0 Å². The quantitative estimate of drug-likeness (QED) is 0.682. The number of hydrogen-bond donors (Lipinski definition) is 1. The van der Waals surface area contributed by atoms with Gasteiger partial charge in [-0.25, -0.2) is 0 Å². The van der Waals surface area contributed by atoms with Crippen molar-refractivity contribution in [3.8, 4) is 0 Å². The zero-order valence-corrected chi connectivity index (χ0v) is 9.15. The molecule has 1 saturated heterocycles. The summed E-state index contributed by atoms with van der Waals surface area (Å²) in [6, 6.07) is 1.54. The summed E-state index contributed by atoms with van der Waals surface area (Å²) in [5.41, 5.74) is 0. The Morgan fingerprint density at radius 1 is 1.31 bits per heavy atom. The molecule has 13 heavy (non-hydrogen) atoms. The fourth-order valence-corrected chi connectivity index (χ4v) is 3.54. The molecule has 0 saturated carbocycles. The third-order valence-electron chi connectivity index (χ3n) is 3.08. The van der Waals surface area contributed by atoms with Crippen LogP contribution in [0.1, 0.15) is 26.2 Å². The van der Waals surface area contributed by atoms with Crippen LogP contribution in [-0.4, -0.2) is 23.6 Å². The number of hydrogen-bond acceptors (Lipinski definition) is 2. The minimum Gasteiger partial charge on any atom is -0.310 e. The highest BCUT2D eigenvalue weighted by Gasteiger charge is 2.25. The molecule has 0 amide bonds. The number of thioether (sulfide) groups is 1. The molecule has 3 unspecified atom stereocenters. The Kier molecular flexibility index (Phi) is 3.33. The van der Waals surface area contributed by atoms with Crippen molar-refractivity contribution in [3.63, 3.8) is 0 Å². The van der Waals surface area contributed by atoms with Crippen LogP contribution in [0.15, 0.2) is 12.2 Å².